The fourth-order valence-corrected chi connectivity index (χ4v) is 2.12. The second-order valence-electron chi connectivity index (χ2n) is 5.27. The van der Waals surface area contributed by atoms with Gasteiger partial charge in [-0.15, -0.1) is 0 Å². The highest BCUT2D eigenvalue weighted by atomic mass is 19.3. The number of ether oxygens (including phenoxy) is 1. The molecule has 1 heterocycles. The fourth-order valence-electron chi connectivity index (χ4n) is 2.12. The zero-order chi connectivity index (χ0) is 18.2. The molecule has 0 bridgehead atoms. The summed E-state index contributed by atoms with van der Waals surface area (Å²) >= 11 is 0. The lowest BCUT2D eigenvalue weighted by Gasteiger charge is -2.12. The van der Waals surface area contributed by atoms with Gasteiger partial charge in [-0.05, 0) is 26.8 Å². The quantitative estimate of drug-likeness (QED) is 0.588. The predicted molar refractivity (Wildman–Crippen MR) is 88.5 cm³/mol. The van der Waals surface area contributed by atoms with Crippen LogP contribution in [0.3, 0.4) is 0 Å². The molecular formula is C16H21F2N5O2. The molecule has 1 aromatic carbocycles. The SMILES string of the molecule is CCNC(=NCc1cc(C)ccc1OC(F)F)NCc1nc(C)no1. The first-order valence-corrected chi connectivity index (χ1v) is 7.83. The summed E-state index contributed by atoms with van der Waals surface area (Å²) in [6, 6.07) is 5.01. The second-order valence-corrected chi connectivity index (χ2v) is 5.27. The van der Waals surface area contributed by atoms with Crippen molar-refractivity contribution in [1.82, 2.24) is 20.8 Å². The second kappa shape index (κ2) is 8.95. The van der Waals surface area contributed by atoms with Gasteiger partial charge in [0.1, 0.15) is 5.75 Å². The number of guanidine groups is 1. The summed E-state index contributed by atoms with van der Waals surface area (Å²) in [6.45, 7) is 3.78. The van der Waals surface area contributed by atoms with Crippen molar-refractivity contribution in [2.45, 2.75) is 40.5 Å². The van der Waals surface area contributed by atoms with Gasteiger partial charge in [-0.3, -0.25) is 0 Å². The number of aliphatic imine (C=N–C) groups is 1. The number of alkyl halides is 2. The number of aromatic nitrogens is 2. The van der Waals surface area contributed by atoms with Crippen LogP contribution in [-0.4, -0.2) is 29.3 Å². The molecule has 0 saturated heterocycles. The van der Waals surface area contributed by atoms with Crippen LogP contribution in [0.2, 0.25) is 0 Å². The largest absolute Gasteiger partial charge is 0.434 e. The molecule has 0 aliphatic carbocycles. The zero-order valence-electron chi connectivity index (χ0n) is 14.3. The summed E-state index contributed by atoms with van der Waals surface area (Å²) in [4.78, 5) is 8.49. The predicted octanol–water partition coefficient (Wildman–Crippen LogP) is 2.54. The highest BCUT2D eigenvalue weighted by molar-refractivity contribution is 5.79. The van der Waals surface area contributed by atoms with Crippen LogP contribution in [0.4, 0.5) is 8.78 Å². The minimum absolute atomic E-state index is 0.118. The maximum absolute atomic E-state index is 12.5. The summed E-state index contributed by atoms with van der Waals surface area (Å²) in [5, 5.41) is 9.82. The number of benzene rings is 1. The van der Waals surface area contributed by atoms with E-state index in [1.807, 2.05) is 13.8 Å². The first-order chi connectivity index (χ1) is 12.0. The molecule has 0 atom stereocenters. The molecule has 7 nitrogen and oxygen atoms in total. The molecule has 0 radical (unpaired) electrons. The lowest BCUT2D eigenvalue weighted by atomic mass is 10.1. The Morgan fingerprint density at radius 1 is 1.32 bits per heavy atom. The Morgan fingerprint density at radius 3 is 2.76 bits per heavy atom. The molecule has 0 saturated carbocycles. The lowest BCUT2D eigenvalue weighted by molar-refractivity contribution is -0.0504. The van der Waals surface area contributed by atoms with Crippen LogP contribution in [0.1, 0.15) is 29.8 Å². The van der Waals surface area contributed by atoms with Crippen molar-refractivity contribution < 1.29 is 18.0 Å². The molecule has 0 unspecified atom stereocenters. The van der Waals surface area contributed by atoms with Gasteiger partial charge in [0.2, 0.25) is 5.89 Å². The smallest absolute Gasteiger partial charge is 0.387 e. The highest BCUT2D eigenvalue weighted by Gasteiger charge is 2.10. The minimum atomic E-state index is -2.88. The van der Waals surface area contributed by atoms with Crippen LogP contribution in [0.15, 0.2) is 27.7 Å². The van der Waals surface area contributed by atoms with Crippen LogP contribution >= 0.6 is 0 Å². The van der Waals surface area contributed by atoms with Crippen LogP contribution in [0, 0.1) is 13.8 Å². The Balaban J connectivity index is 2.08. The molecule has 2 N–H and O–H groups in total. The Labute approximate surface area is 144 Å². The molecule has 0 amide bonds. The van der Waals surface area contributed by atoms with Gasteiger partial charge >= 0.3 is 6.61 Å². The van der Waals surface area contributed by atoms with Crippen molar-refractivity contribution in [1.29, 1.82) is 0 Å². The fraction of sp³-hybridized carbons (Fsp3) is 0.438. The van der Waals surface area contributed by atoms with E-state index in [0.29, 0.717) is 36.3 Å². The number of halogens is 2. The third kappa shape index (κ3) is 6.02. The number of rotatable bonds is 7. The average Bonchev–Trinajstić information content (AvgIpc) is 2.97. The van der Waals surface area contributed by atoms with Crippen molar-refractivity contribution >= 4 is 5.96 Å². The van der Waals surface area contributed by atoms with E-state index in [1.165, 1.54) is 6.07 Å². The first kappa shape index (κ1) is 18.6. The summed E-state index contributed by atoms with van der Waals surface area (Å²) in [5.41, 5.74) is 1.51. The average molecular weight is 353 g/mol. The zero-order valence-corrected chi connectivity index (χ0v) is 14.3. The number of nitrogens with zero attached hydrogens (tertiary/aromatic N) is 3. The summed E-state index contributed by atoms with van der Waals surface area (Å²) in [5.74, 6) is 1.60. The monoisotopic (exact) mass is 353 g/mol. The van der Waals surface area contributed by atoms with E-state index in [2.05, 4.69) is 30.5 Å². The van der Waals surface area contributed by atoms with Gasteiger partial charge in [-0.25, -0.2) is 4.99 Å². The third-order valence-electron chi connectivity index (χ3n) is 3.16. The normalized spacial score (nSPS) is 11.7. The van der Waals surface area contributed by atoms with Crippen LogP contribution < -0.4 is 15.4 Å². The molecule has 0 aliphatic heterocycles. The van der Waals surface area contributed by atoms with E-state index in [4.69, 9.17) is 4.52 Å². The minimum Gasteiger partial charge on any atom is -0.434 e. The molecule has 136 valence electrons. The summed E-state index contributed by atoms with van der Waals surface area (Å²) in [6.07, 6.45) is 0. The van der Waals surface area contributed by atoms with Crippen molar-refractivity contribution in [3.63, 3.8) is 0 Å². The van der Waals surface area contributed by atoms with Crippen LogP contribution in [-0.2, 0) is 13.1 Å². The van der Waals surface area contributed by atoms with Crippen molar-refractivity contribution in [2.75, 3.05) is 6.54 Å². The third-order valence-corrected chi connectivity index (χ3v) is 3.16. The Hall–Kier alpha value is -2.71. The molecule has 0 spiro atoms. The summed E-state index contributed by atoms with van der Waals surface area (Å²) < 4.78 is 34.6. The van der Waals surface area contributed by atoms with E-state index in [9.17, 15) is 8.78 Å². The van der Waals surface area contributed by atoms with E-state index < -0.39 is 6.61 Å². The Bertz CT molecular complexity index is 718. The summed E-state index contributed by atoms with van der Waals surface area (Å²) in [7, 11) is 0. The molecule has 0 aliphatic rings. The van der Waals surface area contributed by atoms with Crippen LogP contribution in [0.5, 0.6) is 5.75 Å². The Morgan fingerprint density at radius 2 is 2.12 bits per heavy atom. The highest BCUT2D eigenvalue weighted by Crippen LogP contribution is 2.22. The lowest BCUT2D eigenvalue weighted by Crippen LogP contribution is -2.36. The number of aryl methyl sites for hydroxylation is 2. The molecule has 9 heteroatoms. The van der Waals surface area contributed by atoms with Crippen molar-refractivity contribution in [2.24, 2.45) is 4.99 Å². The number of hydrogen-bond acceptors (Lipinski definition) is 5. The van der Waals surface area contributed by atoms with Gasteiger partial charge in [-0.1, -0.05) is 22.9 Å². The van der Waals surface area contributed by atoms with Gasteiger partial charge in [0.25, 0.3) is 0 Å². The number of nitrogens with one attached hydrogen (secondary N) is 2. The van der Waals surface area contributed by atoms with E-state index in [0.717, 1.165) is 5.56 Å². The number of hydrogen-bond donors (Lipinski definition) is 2. The molecule has 2 rings (SSSR count). The van der Waals surface area contributed by atoms with E-state index in [-0.39, 0.29) is 12.3 Å². The topological polar surface area (TPSA) is 84.6 Å². The van der Waals surface area contributed by atoms with E-state index >= 15 is 0 Å². The molecule has 2 aromatic rings. The maximum Gasteiger partial charge on any atom is 0.387 e. The van der Waals surface area contributed by atoms with Gasteiger partial charge in [0.15, 0.2) is 11.8 Å². The molecule has 25 heavy (non-hydrogen) atoms. The first-order valence-electron chi connectivity index (χ1n) is 7.83. The molecular weight excluding hydrogens is 332 g/mol. The molecule has 1 aromatic heterocycles. The van der Waals surface area contributed by atoms with Gasteiger partial charge in [-0.2, -0.15) is 13.8 Å². The van der Waals surface area contributed by atoms with Gasteiger partial charge in [0.05, 0.1) is 13.1 Å². The standard InChI is InChI=1S/C16H21F2N5O2/c1-4-19-16(21-9-14-22-11(3)23-25-14)20-8-12-7-10(2)5-6-13(12)24-15(17)18/h5-7,15H,4,8-9H2,1-3H3,(H2,19,20,21). The van der Waals surface area contributed by atoms with E-state index in [1.54, 1.807) is 19.1 Å². The van der Waals surface area contributed by atoms with Crippen molar-refractivity contribution in [3.05, 3.63) is 41.0 Å². The maximum atomic E-state index is 12.5. The van der Waals surface area contributed by atoms with Gasteiger partial charge < -0.3 is 19.9 Å². The van der Waals surface area contributed by atoms with Gasteiger partial charge in [0, 0.05) is 12.1 Å². The van der Waals surface area contributed by atoms with Crippen molar-refractivity contribution in [3.8, 4) is 5.75 Å². The van der Waals surface area contributed by atoms with Crippen LogP contribution in [0.25, 0.3) is 0 Å². The Kier molecular flexibility index (Phi) is 6.67. The molecule has 0 fully saturated rings.